The Morgan fingerprint density at radius 3 is 2.96 bits per heavy atom. The van der Waals surface area contributed by atoms with Crippen molar-refractivity contribution in [3.05, 3.63) is 55.0 Å². The number of thiazole rings is 1. The second-order valence-corrected chi connectivity index (χ2v) is 9.30. The lowest BCUT2D eigenvalue weighted by atomic mass is 10.1. The summed E-state index contributed by atoms with van der Waals surface area (Å²) in [6.45, 7) is 0.479. The van der Waals surface area contributed by atoms with Crippen LogP contribution in [-0.2, 0) is 19.4 Å². The average molecular weight is 400 g/mol. The maximum Gasteiger partial charge on any atom is 0.262 e. The lowest BCUT2D eigenvalue weighted by Gasteiger charge is -2.04. The summed E-state index contributed by atoms with van der Waals surface area (Å²) >= 11 is 5.00. The minimum atomic E-state index is 0.0829. The molecule has 0 fully saturated rings. The van der Waals surface area contributed by atoms with Crippen molar-refractivity contribution in [3.63, 3.8) is 0 Å². The van der Waals surface area contributed by atoms with E-state index in [2.05, 4.69) is 21.8 Å². The molecular formula is C19H17N3OS3. The summed E-state index contributed by atoms with van der Waals surface area (Å²) in [6, 6.07) is 2.08. The highest BCUT2D eigenvalue weighted by atomic mass is 32.1. The molecule has 0 unspecified atom stereocenters. The second-order valence-electron chi connectivity index (χ2n) is 6.58. The Balaban J connectivity index is 1.52. The van der Waals surface area contributed by atoms with Crippen LogP contribution >= 0.6 is 34.0 Å². The Hall–Kier alpha value is -1.83. The lowest BCUT2D eigenvalue weighted by Crippen LogP contribution is -2.21. The minimum absolute atomic E-state index is 0.0829. The van der Waals surface area contributed by atoms with Gasteiger partial charge in [-0.1, -0.05) is 6.42 Å². The van der Waals surface area contributed by atoms with Gasteiger partial charge in [-0.05, 0) is 42.7 Å². The number of rotatable bonds is 3. The van der Waals surface area contributed by atoms with Crippen molar-refractivity contribution in [2.75, 3.05) is 0 Å². The van der Waals surface area contributed by atoms with E-state index in [4.69, 9.17) is 4.98 Å². The number of hydrogen-bond donors (Lipinski definition) is 0. The molecule has 7 heteroatoms. The summed E-state index contributed by atoms with van der Waals surface area (Å²) < 4.78 is 1.71. The average Bonchev–Trinajstić information content (AvgIpc) is 3.35. The van der Waals surface area contributed by atoms with Gasteiger partial charge in [-0.25, -0.2) is 9.97 Å². The van der Waals surface area contributed by atoms with Crippen molar-refractivity contribution in [3.8, 4) is 10.6 Å². The van der Waals surface area contributed by atoms with Crippen LogP contribution in [-0.4, -0.2) is 14.5 Å². The Labute approximate surface area is 162 Å². The SMILES string of the molecule is O=c1c2c3c(sc2ncn1Cc1csc(-c2ccsc2)n1)CCCCC3. The van der Waals surface area contributed by atoms with Crippen LogP contribution in [0, 0.1) is 0 Å². The van der Waals surface area contributed by atoms with E-state index < -0.39 is 0 Å². The molecule has 0 spiro atoms. The van der Waals surface area contributed by atoms with Gasteiger partial charge in [-0.15, -0.1) is 22.7 Å². The van der Waals surface area contributed by atoms with E-state index in [0.717, 1.165) is 39.3 Å². The zero-order chi connectivity index (χ0) is 17.5. The Morgan fingerprint density at radius 2 is 2.08 bits per heavy atom. The summed E-state index contributed by atoms with van der Waals surface area (Å²) in [5.41, 5.74) is 3.40. The van der Waals surface area contributed by atoms with E-state index in [1.807, 2.05) is 5.38 Å². The number of aryl methyl sites for hydroxylation is 2. The number of thiophene rings is 2. The van der Waals surface area contributed by atoms with Crippen LogP contribution in [0.15, 0.2) is 33.3 Å². The van der Waals surface area contributed by atoms with Crippen molar-refractivity contribution in [2.24, 2.45) is 0 Å². The van der Waals surface area contributed by atoms with Crippen molar-refractivity contribution in [1.82, 2.24) is 14.5 Å². The van der Waals surface area contributed by atoms with E-state index in [1.54, 1.807) is 44.9 Å². The molecule has 0 bridgehead atoms. The molecule has 1 aliphatic rings. The molecule has 0 radical (unpaired) electrons. The first-order valence-electron chi connectivity index (χ1n) is 8.76. The maximum absolute atomic E-state index is 13.1. The third-order valence-corrected chi connectivity index (χ3v) is 7.67. The summed E-state index contributed by atoms with van der Waals surface area (Å²) in [4.78, 5) is 24.7. The predicted molar refractivity (Wildman–Crippen MR) is 110 cm³/mol. The Bertz CT molecular complexity index is 1120. The third-order valence-electron chi connectivity index (χ3n) is 4.84. The molecule has 4 aromatic heterocycles. The number of aromatic nitrogens is 3. The van der Waals surface area contributed by atoms with Gasteiger partial charge in [0.05, 0.1) is 24.0 Å². The molecule has 4 nitrogen and oxygen atoms in total. The molecule has 132 valence electrons. The van der Waals surface area contributed by atoms with Gasteiger partial charge in [0.2, 0.25) is 0 Å². The molecule has 0 atom stereocenters. The van der Waals surface area contributed by atoms with Crippen molar-refractivity contribution in [1.29, 1.82) is 0 Å². The summed E-state index contributed by atoms with van der Waals surface area (Å²) in [7, 11) is 0. The molecule has 1 aliphatic carbocycles. The molecule has 0 amide bonds. The molecule has 26 heavy (non-hydrogen) atoms. The van der Waals surface area contributed by atoms with Gasteiger partial charge in [0.25, 0.3) is 5.56 Å². The van der Waals surface area contributed by atoms with Gasteiger partial charge in [0.1, 0.15) is 9.84 Å². The van der Waals surface area contributed by atoms with E-state index in [-0.39, 0.29) is 5.56 Å². The summed E-state index contributed by atoms with van der Waals surface area (Å²) in [5.74, 6) is 0. The first-order valence-corrected chi connectivity index (χ1v) is 11.4. The quantitative estimate of drug-likeness (QED) is 0.458. The highest BCUT2D eigenvalue weighted by molar-refractivity contribution is 7.18. The molecule has 0 aliphatic heterocycles. The number of hydrogen-bond acceptors (Lipinski definition) is 6. The van der Waals surface area contributed by atoms with E-state index >= 15 is 0 Å². The molecule has 0 saturated heterocycles. The monoisotopic (exact) mass is 399 g/mol. The fraction of sp³-hybridized carbons (Fsp3) is 0.316. The largest absolute Gasteiger partial charge is 0.293 e. The third kappa shape index (κ3) is 2.84. The van der Waals surface area contributed by atoms with Crippen molar-refractivity contribution >= 4 is 44.2 Å². The van der Waals surface area contributed by atoms with E-state index in [9.17, 15) is 4.79 Å². The normalized spacial score (nSPS) is 14.5. The summed E-state index contributed by atoms with van der Waals surface area (Å²) in [6.07, 6.45) is 7.42. The summed E-state index contributed by atoms with van der Waals surface area (Å²) in [5, 5.41) is 8.05. The van der Waals surface area contributed by atoms with Crippen LogP contribution in [0.5, 0.6) is 0 Å². The van der Waals surface area contributed by atoms with Crippen LogP contribution in [0.25, 0.3) is 20.8 Å². The minimum Gasteiger partial charge on any atom is -0.293 e. The second kappa shape index (κ2) is 6.72. The topological polar surface area (TPSA) is 47.8 Å². The predicted octanol–water partition coefficient (Wildman–Crippen LogP) is 4.96. The van der Waals surface area contributed by atoms with Crippen LogP contribution < -0.4 is 5.56 Å². The first-order chi connectivity index (χ1) is 12.8. The number of fused-ring (bicyclic) bond motifs is 3. The van der Waals surface area contributed by atoms with Crippen LogP contribution in [0.2, 0.25) is 0 Å². The maximum atomic E-state index is 13.1. The fourth-order valence-electron chi connectivity index (χ4n) is 3.54. The standard InChI is InChI=1S/C19H17N3OS3/c23-19-16-14-4-2-1-3-5-15(14)26-18(16)20-11-22(19)8-13-10-25-17(21-13)12-6-7-24-9-12/h6-7,9-11H,1-5,8H2. The van der Waals surface area contributed by atoms with E-state index in [1.165, 1.54) is 29.7 Å². The van der Waals surface area contributed by atoms with Crippen LogP contribution in [0.1, 0.15) is 35.4 Å². The van der Waals surface area contributed by atoms with Gasteiger partial charge < -0.3 is 0 Å². The molecule has 4 heterocycles. The zero-order valence-corrected chi connectivity index (χ0v) is 16.6. The fourth-order valence-corrected chi connectivity index (χ4v) is 6.29. The van der Waals surface area contributed by atoms with Gasteiger partial charge in [-0.2, -0.15) is 11.3 Å². The van der Waals surface area contributed by atoms with Crippen molar-refractivity contribution < 1.29 is 0 Å². The van der Waals surface area contributed by atoms with Gasteiger partial charge in [0, 0.05) is 21.2 Å². The molecular weight excluding hydrogens is 382 g/mol. The molecule has 5 rings (SSSR count). The highest BCUT2D eigenvalue weighted by Gasteiger charge is 2.19. The number of nitrogens with zero attached hydrogens (tertiary/aromatic N) is 3. The molecule has 0 saturated carbocycles. The van der Waals surface area contributed by atoms with Crippen molar-refractivity contribution in [2.45, 2.75) is 38.6 Å². The van der Waals surface area contributed by atoms with Crippen LogP contribution in [0.4, 0.5) is 0 Å². The first kappa shape index (κ1) is 16.4. The highest BCUT2D eigenvalue weighted by Crippen LogP contribution is 2.32. The smallest absolute Gasteiger partial charge is 0.262 e. The Kier molecular flexibility index (Phi) is 4.23. The molecule has 4 aromatic rings. The molecule has 0 aromatic carbocycles. The van der Waals surface area contributed by atoms with Gasteiger partial charge in [-0.3, -0.25) is 9.36 Å². The van der Waals surface area contributed by atoms with Gasteiger partial charge >= 0.3 is 0 Å². The van der Waals surface area contributed by atoms with Gasteiger partial charge in [0.15, 0.2) is 0 Å². The lowest BCUT2D eigenvalue weighted by molar-refractivity contribution is 0.711. The van der Waals surface area contributed by atoms with Crippen LogP contribution in [0.3, 0.4) is 0 Å². The zero-order valence-electron chi connectivity index (χ0n) is 14.1. The van der Waals surface area contributed by atoms with E-state index in [0.29, 0.717) is 6.54 Å². The molecule has 0 N–H and O–H groups in total. The Morgan fingerprint density at radius 1 is 1.15 bits per heavy atom.